The first-order chi connectivity index (χ1) is 7.81. The Hall–Kier alpha value is -0.600. The van der Waals surface area contributed by atoms with Crippen molar-refractivity contribution >= 4 is 15.9 Å². The molecule has 2 heteroatoms. The molecule has 0 saturated heterocycles. The summed E-state index contributed by atoms with van der Waals surface area (Å²) in [5, 5.41) is 3.58. The van der Waals surface area contributed by atoms with Gasteiger partial charge in [-0.25, -0.2) is 0 Å². The summed E-state index contributed by atoms with van der Waals surface area (Å²) in [6.45, 7) is 3.18. The molecule has 1 nitrogen and oxygen atoms in total. The molecular formula is C14H18BrN. The largest absolute Gasteiger partial charge is 0.307 e. The van der Waals surface area contributed by atoms with E-state index in [1.165, 1.54) is 24.8 Å². The van der Waals surface area contributed by atoms with Crippen molar-refractivity contribution < 1.29 is 0 Å². The van der Waals surface area contributed by atoms with E-state index in [4.69, 9.17) is 0 Å². The molecule has 16 heavy (non-hydrogen) atoms. The van der Waals surface area contributed by atoms with Gasteiger partial charge < -0.3 is 5.32 Å². The van der Waals surface area contributed by atoms with Gasteiger partial charge in [-0.05, 0) is 43.5 Å². The van der Waals surface area contributed by atoms with Gasteiger partial charge in [-0.15, -0.1) is 0 Å². The minimum absolute atomic E-state index is 0.407. The lowest BCUT2D eigenvalue weighted by Gasteiger charge is -2.20. The van der Waals surface area contributed by atoms with Gasteiger partial charge in [0.2, 0.25) is 0 Å². The van der Waals surface area contributed by atoms with Crippen LogP contribution in [0.5, 0.6) is 0 Å². The van der Waals surface area contributed by atoms with Gasteiger partial charge in [0.1, 0.15) is 0 Å². The number of hydrogen-bond acceptors (Lipinski definition) is 1. The molecular weight excluding hydrogens is 262 g/mol. The van der Waals surface area contributed by atoms with Crippen LogP contribution in [-0.4, -0.2) is 6.54 Å². The van der Waals surface area contributed by atoms with Crippen LogP contribution in [0.2, 0.25) is 0 Å². The normalized spacial score (nSPS) is 17.2. The van der Waals surface area contributed by atoms with Crippen LogP contribution in [0, 0.1) is 0 Å². The van der Waals surface area contributed by atoms with Crippen LogP contribution < -0.4 is 5.32 Å². The Morgan fingerprint density at radius 3 is 2.94 bits per heavy atom. The van der Waals surface area contributed by atoms with Crippen molar-refractivity contribution in [3.05, 3.63) is 46.0 Å². The van der Waals surface area contributed by atoms with Crippen molar-refractivity contribution in [1.82, 2.24) is 5.32 Å². The zero-order valence-electron chi connectivity index (χ0n) is 9.67. The molecule has 1 N–H and O–H groups in total. The van der Waals surface area contributed by atoms with Gasteiger partial charge in [-0.3, -0.25) is 0 Å². The highest BCUT2D eigenvalue weighted by Crippen LogP contribution is 2.31. The second-order valence-corrected chi connectivity index (χ2v) is 5.13. The maximum atomic E-state index is 3.58. The first-order valence-corrected chi connectivity index (χ1v) is 6.78. The molecule has 86 valence electrons. The Bertz CT molecular complexity index is 384. The molecule has 1 atom stereocenters. The van der Waals surface area contributed by atoms with Crippen molar-refractivity contribution in [2.75, 3.05) is 6.54 Å². The smallest absolute Gasteiger partial charge is 0.0536 e. The Balaban J connectivity index is 2.24. The minimum atomic E-state index is 0.407. The number of nitrogens with one attached hydrogen (secondary N) is 1. The van der Waals surface area contributed by atoms with E-state index < -0.39 is 0 Å². The Morgan fingerprint density at radius 2 is 2.31 bits per heavy atom. The number of hydrogen-bond donors (Lipinski definition) is 1. The number of benzene rings is 1. The molecule has 0 spiro atoms. The molecule has 1 aliphatic rings. The molecule has 0 amide bonds. The number of likely N-dealkylation sites (N-methyl/N-ethyl adjacent to an activating group) is 1. The van der Waals surface area contributed by atoms with Crippen LogP contribution in [0.4, 0.5) is 0 Å². The average Bonchev–Trinajstić information content (AvgIpc) is 2.79. The van der Waals surface area contributed by atoms with E-state index in [2.05, 4.69) is 58.5 Å². The fourth-order valence-corrected chi connectivity index (χ4v) is 2.73. The molecule has 2 rings (SSSR count). The highest BCUT2D eigenvalue weighted by molar-refractivity contribution is 9.10. The first kappa shape index (κ1) is 11.9. The molecule has 0 saturated carbocycles. The van der Waals surface area contributed by atoms with Crippen LogP contribution in [-0.2, 0) is 0 Å². The van der Waals surface area contributed by atoms with E-state index in [1.807, 2.05) is 0 Å². The van der Waals surface area contributed by atoms with Gasteiger partial charge in [0.05, 0.1) is 6.04 Å². The fourth-order valence-electron chi connectivity index (χ4n) is 2.31. The van der Waals surface area contributed by atoms with Gasteiger partial charge in [0.25, 0.3) is 0 Å². The quantitative estimate of drug-likeness (QED) is 0.815. The Morgan fingerprint density at radius 1 is 1.44 bits per heavy atom. The Labute approximate surface area is 106 Å². The highest BCUT2D eigenvalue weighted by atomic mass is 79.9. The third kappa shape index (κ3) is 2.74. The first-order valence-electron chi connectivity index (χ1n) is 5.99. The summed E-state index contributed by atoms with van der Waals surface area (Å²) in [6, 6.07) is 9.02. The lowest BCUT2D eigenvalue weighted by Crippen LogP contribution is -2.22. The zero-order valence-corrected chi connectivity index (χ0v) is 11.3. The fraction of sp³-hybridized carbons (Fsp3) is 0.429. The van der Waals surface area contributed by atoms with Crippen LogP contribution >= 0.6 is 15.9 Å². The number of allylic oxidation sites excluding steroid dienone is 1. The third-order valence-electron chi connectivity index (χ3n) is 3.04. The minimum Gasteiger partial charge on any atom is -0.307 e. The van der Waals surface area contributed by atoms with Crippen LogP contribution in [0.25, 0.3) is 0 Å². The van der Waals surface area contributed by atoms with Gasteiger partial charge >= 0.3 is 0 Å². The van der Waals surface area contributed by atoms with E-state index in [0.29, 0.717) is 6.04 Å². The predicted molar refractivity (Wildman–Crippen MR) is 72.5 cm³/mol. The molecule has 1 aromatic rings. The van der Waals surface area contributed by atoms with Gasteiger partial charge in [-0.2, -0.15) is 0 Å². The van der Waals surface area contributed by atoms with Crippen molar-refractivity contribution in [1.29, 1.82) is 0 Å². The summed E-state index contributed by atoms with van der Waals surface area (Å²) in [6.07, 6.45) is 6.19. The van der Waals surface area contributed by atoms with E-state index in [9.17, 15) is 0 Å². The summed E-state index contributed by atoms with van der Waals surface area (Å²) < 4.78 is 1.16. The monoisotopic (exact) mass is 279 g/mol. The van der Waals surface area contributed by atoms with Crippen LogP contribution in [0.1, 0.15) is 37.8 Å². The van der Waals surface area contributed by atoms with Crippen molar-refractivity contribution in [2.45, 2.75) is 32.2 Å². The predicted octanol–water partition coefficient (Wildman–Crippen LogP) is 4.21. The molecule has 0 radical (unpaired) electrons. The number of rotatable bonds is 4. The van der Waals surface area contributed by atoms with Gasteiger partial charge in [0, 0.05) is 4.47 Å². The van der Waals surface area contributed by atoms with E-state index in [-0.39, 0.29) is 0 Å². The summed E-state index contributed by atoms with van der Waals surface area (Å²) >= 11 is 3.54. The summed E-state index contributed by atoms with van der Waals surface area (Å²) in [4.78, 5) is 0. The lowest BCUT2D eigenvalue weighted by molar-refractivity contribution is 0.605. The molecule has 0 fully saturated rings. The van der Waals surface area contributed by atoms with Crippen molar-refractivity contribution in [2.24, 2.45) is 0 Å². The zero-order chi connectivity index (χ0) is 11.4. The van der Waals surface area contributed by atoms with E-state index in [1.54, 1.807) is 5.57 Å². The molecule has 0 aliphatic heterocycles. The van der Waals surface area contributed by atoms with Crippen molar-refractivity contribution in [3.8, 4) is 0 Å². The third-order valence-corrected chi connectivity index (χ3v) is 3.53. The molecule has 1 aromatic carbocycles. The van der Waals surface area contributed by atoms with Gasteiger partial charge in [-0.1, -0.05) is 46.6 Å². The van der Waals surface area contributed by atoms with Crippen molar-refractivity contribution in [3.63, 3.8) is 0 Å². The lowest BCUT2D eigenvalue weighted by atomic mass is 9.98. The topological polar surface area (TPSA) is 12.0 Å². The SMILES string of the molecule is CCNC(C1=CCCC1)c1cccc(Br)c1. The van der Waals surface area contributed by atoms with Crippen LogP contribution in [0.15, 0.2) is 40.4 Å². The summed E-state index contributed by atoms with van der Waals surface area (Å²) in [5.74, 6) is 0. The molecule has 1 unspecified atom stereocenters. The van der Waals surface area contributed by atoms with E-state index in [0.717, 1.165) is 11.0 Å². The maximum Gasteiger partial charge on any atom is 0.0536 e. The van der Waals surface area contributed by atoms with E-state index >= 15 is 0 Å². The van der Waals surface area contributed by atoms with Gasteiger partial charge in [0.15, 0.2) is 0 Å². The summed E-state index contributed by atoms with van der Waals surface area (Å²) in [5.41, 5.74) is 2.92. The summed E-state index contributed by atoms with van der Waals surface area (Å²) in [7, 11) is 0. The molecule has 0 heterocycles. The standard InChI is InChI=1S/C14H18BrN/c1-2-16-14(11-6-3-4-7-11)12-8-5-9-13(15)10-12/h5-6,8-10,14,16H,2-4,7H2,1H3. The Kier molecular flexibility index (Phi) is 4.19. The highest BCUT2D eigenvalue weighted by Gasteiger charge is 2.17. The second kappa shape index (κ2) is 5.65. The number of halogens is 1. The molecule has 0 aromatic heterocycles. The maximum absolute atomic E-state index is 3.58. The average molecular weight is 280 g/mol. The van der Waals surface area contributed by atoms with Crippen LogP contribution in [0.3, 0.4) is 0 Å². The molecule has 1 aliphatic carbocycles. The molecule has 0 bridgehead atoms. The second-order valence-electron chi connectivity index (χ2n) is 4.22.